The SMILES string of the molecule is CC(C)(CC(N)=O)NS(=O)(=O)c1ccc(N)c(Br)c1. The Morgan fingerprint density at radius 1 is 1.42 bits per heavy atom. The summed E-state index contributed by atoms with van der Waals surface area (Å²) in [5.41, 5.74) is 10.2. The van der Waals surface area contributed by atoms with Crippen LogP contribution in [0.4, 0.5) is 5.69 Å². The largest absolute Gasteiger partial charge is 0.398 e. The van der Waals surface area contributed by atoms with Gasteiger partial charge in [-0.05, 0) is 48.0 Å². The molecule has 106 valence electrons. The number of hydrogen-bond acceptors (Lipinski definition) is 4. The van der Waals surface area contributed by atoms with Crippen LogP contribution in [0.15, 0.2) is 27.6 Å². The zero-order chi connectivity index (χ0) is 14.8. The van der Waals surface area contributed by atoms with Gasteiger partial charge in [-0.2, -0.15) is 0 Å². The van der Waals surface area contributed by atoms with Crippen molar-refractivity contribution in [1.82, 2.24) is 4.72 Å². The van der Waals surface area contributed by atoms with Crippen LogP contribution in [0.25, 0.3) is 0 Å². The minimum atomic E-state index is -3.75. The maximum Gasteiger partial charge on any atom is 0.241 e. The van der Waals surface area contributed by atoms with Gasteiger partial charge in [0.05, 0.1) is 4.90 Å². The lowest BCUT2D eigenvalue weighted by atomic mass is 10.0. The molecule has 19 heavy (non-hydrogen) atoms. The highest BCUT2D eigenvalue weighted by Gasteiger charge is 2.28. The van der Waals surface area contributed by atoms with E-state index in [1.807, 2.05) is 0 Å². The highest BCUT2D eigenvalue weighted by molar-refractivity contribution is 9.10. The minimum absolute atomic E-state index is 0.0612. The van der Waals surface area contributed by atoms with Crippen LogP contribution in [-0.4, -0.2) is 19.9 Å². The van der Waals surface area contributed by atoms with Crippen molar-refractivity contribution in [2.45, 2.75) is 30.7 Å². The molecule has 0 radical (unpaired) electrons. The van der Waals surface area contributed by atoms with Crippen LogP contribution < -0.4 is 16.2 Å². The van der Waals surface area contributed by atoms with E-state index < -0.39 is 21.5 Å². The third-order valence-corrected chi connectivity index (χ3v) is 4.69. The second-order valence-electron chi connectivity index (χ2n) is 4.82. The molecule has 8 heteroatoms. The Morgan fingerprint density at radius 3 is 2.47 bits per heavy atom. The Morgan fingerprint density at radius 2 is 2.00 bits per heavy atom. The van der Waals surface area contributed by atoms with E-state index in [9.17, 15) is 13.2 Å². The number of benzene rings is 1. The molecule has 0 unspecified atom stereocenters. The highest BCUT2D eigenvalue weighted by Crippen LogP contribution is 2.24. The first-order chi connectivity index (χ1) is 8.53. The number of nitrogens with two attached hydrogens (primary N) is 2. The van der Waals surface area contributed by atoms with Crippen LogP contribution in [-0.2, 0) is 14.8 Å². The lowest BCUT2D eigenvalue weighted by Gasteiger charge is -2.24. The summed E-state index contributed by atoms with van der Waals surface area (Å²) in [6, 6.07) is 4.28. The molecule has 0 saturated carbocycles. The van der Waals surface area contributed by atoms with Crippen LogP contribution in [0.5, 0.6) is 0 Å². The number of rotatable bonds is 5. The monoisotopic (exact) mass is 349 g/mol. The molecule has 0 saturated heterocycles. The van der Waals surface area contributed by atoms with E-state index in [-0.39, 0.29) is 11.3 Å². The van der Waals surface area contributed by atoms with E-state index >= 15 is 0 Å². The van der Waals surface area contributed by atoms with Gasteiger partial charge in [0.1, 0.15) is 0 Å². The number of amides is 1. The molecule has 0 atom stereocenters. The average Bonchev–Trinajstić information content (AvgIpc) is 2.17. The summed E-state index contributed by atoms with van der Waals surface area (Å²) < 4.78 is 27.3. The molecule has 1 aromatic rings. The van der Waals surface area contributed by atoms with Crippen molar-refractivity contribution in [3.63, 3.8) is 0 Å². The van der Waals surface area contributed by atoms with Crippen LogP contribution in [0.1, 0.15) is 20.3 Å². The van der Waals surface area contributed by atoms with Crippen LogP contribution in [0.3, 0.4) is 0 Å². The quantitative estimate of drug-likeness (QED) is 0.686. The molecule has 0 fully saturated rings. The lowest BCUT2D eigenvalue weighted by Crippen LogP contribution is -2.45. The Hall–Kier alpha value is -1.12. The van der Waals surface area contributed by atoms with E-state index in [0.717, 1.165) is 0 Å². The maximum atomic E-state index is 12.2. The maximum absolute atomic E-state index is 12.2. The average molecular weight is 350 g/mol. The minimum Gasteiger partial charge on any atom is -0.398 e. The molecular formula is C11H16BrN3O3S. The van der Waals surface area contributed by atoms with Crippen molar-refractivity contribution in [2.24, 2.45) is 5.73 Å². The van der Waals surface area contributed by atoms with Gasteiger partial charge < -0.3 is 11.5 Å². The fraction of sp³-hybridized carbons (Fsp3) is 0.364. The van der Waals surface area contributed by atoms with Crippen molar-refractivity contribution in [1.29, 1.82) is 0 Å². The molecule has 6 nitrogen and oxygen atoms in total. The molecule has 1 amide bonds. The Balaban J connectivity index is 3.04. The summed E-state index contributed by atoms with van der Waals surface area (Å²) in [6.07, 6.45) is -0.0949. The van der Waals surface area contributed by atoms with E-state index in [1.165, 1.54) is 18.2 Å². The van der Waals surface area contributed by atoms with E-state index in [1.54, 1.807) is 13.8 Å². The van der Waals surface area contributed by atoms with Gasteiger partial charge in [-0.15, -0.1) is 0 Å². The third-order valence-electron chi connectivity index (χ3n) is 2.31. The molecule has 0 spiro atoms. The van der Waals surface area contributed by atoms with Crippen molar-refractivity contribution in [2.75, 3.05) is 5.73 Å². The van der Waals surface area contributed by atoms with Crippen molar-refractivity contribution < 1.29 is 13.2 Å². The Labute approximate surface area is 120 Å². The van der Waals surface area contributed by atoms with Gasteiger partial charge >= 0.3 is 0 Å². The second kappa shape index (κ2) is 5.48. The number of halogens is 1. The number of anilines is 1. The number of hydrogen-bond donors (Lipinski definition) is 3. The summed E-state index contributed by atoms with van der Waals surface area (Å²) in [7, 11) is -3.75. The summed E-state index contributed by atoms with van der Waals surface area (Å²) in [5, 5.41) is 0. The number of carbonyl (C=O) groups excluding carboxylic acids is 1. The van der Waals surface area contributed by atoms with Gasteiger partial charge in [-0.25, -0.2) is 13.1 Å². The van der Waals surface area contributed by atoms with Crippen molar-refractivity contribution >= 4 is 37.5 Å². The van der Waals surface area contributed by atoms with Gasteiger partial charge in [-0.1, -0.05) is 0 Å². The molecule has 0 bridgehead atoms. The number of sulfonamides is 1. The van der Waals surface area contributed by atoms with Crippen LogP contribution in [0, 0.1) is 0 Å². The van der Waals surface area contributed by atoms with Crippen LogP contribution >= 0.6 is 15.9 Å². The van der Waals surface area contributed by atoms with E-state index in [0.29, 0.717) is 10.2 Å². The first-order valence-corrected chi connectivity index (χ1v) is 7.68. The predicted molar refractivity (Wildman–Crippen MR) is 76.8 cm³/mol. The molecule has 0 aromatic heterocycles. The summed E-state index contributed by atoms with van der Waals surface area (Å²) in [5.74, 6) is -0.578. The van der Waals surface area contributed by atoms with Gasteiger partial charge in [0.15, 0.2) is 0 Å². The van der Waals surface area contributed by atoms with Crippen molar-refractivity contribution in [3.05, 3.63) is 22.7 Å². The zero-order valence-electron chi connectivity index (χ0n) is 10.6. The number of nitrogens with one attached hydrogen (secondary N) is 1. The fourth-order valence-corrected chi connectivity index (χ4v) is 3.54. The topological polar surface area (TPSA) is 115 Å². The fourth-order valence-electron chi connectivity index (χ4n) is 1.57. The van der Waals surface area contributed by atoms with Gasteiger partial charge in [0.25, 0.3) is 0 Å². The molecule has 1 rings (SSSR count). The summed E-state index contributed by atoms with van der Waals surface area (Å²) in [6.45, 7) is 3.17. The van der Waals surface area contributed by atoms with Crippen LogP contribution in [0.2, 0.25) is 0 Å². The van der Waals surface area contributed by atoms with Gasteiger partial charge in [-0.3, -0.25) is 4.79 Å². The molecule has 0 aliphatic heterocycles. The molecule has 5 N–H and O–H groups in total. The smallest absolute Gasteiger partial charge is 0.241 e. The highest BCUT2D eigenvalue weighted by atomic mass is 79.9. The predicted octanol–water partition coefficient (Wildman–Crippen LogP) is 0.964. The molecule has 0 aliphatic carbocycles. The summed E-state index contributed by atoms with van der Waals surface area (Å²) in [4.78, 5) is 11.0. The Kier molecular flexibility index (Phi) is 4.59. The zero-order valence-corrected chi connectivity index (χ0v) is 13.0. The number of carbonyl (C=O) groups is 1. The normalized spacial score (nSPS) is 12.4. The molecular weight excluding hydrogens is 334 g/mol. The molecule has 0 aliphatic rings. The third kappa shape index (κ3) is 4.48. The first-order valence-electron chi connectivity index (χ1n) is 5.41. The number of primary amides is 1. The van der Waals surface area contributed by atoms with Gasteiger partial charge in [0.2, 0.25) is 15.9 Å². The second-order valence-corrected chi connectivity index (χ2v) is 7.35. The Bertz CT molecular complexity index is 599. The van der Waals surface area contributed by atoms with E-state index in [4.69, 9.17) is 11.5 Å². The summed E-state index contributed by atoms with van der Waals surface area (Å²) >= 11 is 3.17. The van der Waals surface area contributed by atoms with Gasteiger partial charge in [0, 0.05) is 22.1 Å². The first kappa shape index (κ1) is 15.9. The standard InChI is InChI=1S/C11H16BrN3O3S/c1-11(2,6-10(14)16)15-19(17,18)7-3-4-9(13)8(12)5-7/h3-5,15H,6,13H2,1-2H3,(H2,14,16). The van der Waals surface area contributed by atoms with E-state index in [2.05, 4.69) is 20.7 Å². The number of nitrogen functional groups attached to an aromatic ring is 1. The molecule has 0 heterocycles. The lowest BCUT2D eigenvalue weighted by molar-refractivity contribution is -0.119. The van der Waals surface area contributed by atoms with Crippen molar-refractivity contribution in [3.8, 4) is 0 Å². The molecule has 1 aromatic carbocycles.